The van der Waals surface area contributed by atoms with Crippen LogP contribution < -0.4 is 4.74 Å². The average molecular weight is 388 g/mol. The third-order valence-corrected chi connectivity index (χ3v) is 4.66. The van der Waals surface area contributed by atoms with Gasteiger partial charge in [0.2, 0.25) is 0 Å². The number of halogens is 2. The number of nitrogens with zero attached hydrogens (tertiary/aromatic N) is 2. The van der Waals surface area contributed by atoms with Crippen molar-refractivity contribution >= 4 is 11.8 Å². The van der Waals surface area contributed by atoms with Crippen molar-refractivity contribution in [1.82, 2.24) is 9.80 Å². The molecule has 148 valence electrons. The van der Waals surface area contributed by atoms with Gasteiger partial charge in [0.05, 0.1) is 0 Å². The van der Waals surface area contributed by atoms with E-state index in [0.29, 0.717) is 43.9 Å². The molecule has 0 spiro atoms. The third kappa shape index (κ3) is 4.85. The Balaban J connectivity index is 1.57. The molecule has 0 bridgehead atoms. The van der Waals surface area contributed by atoms with Crippen LogP contribution in [0.3, 0.4) is 0 Å². The fraction of sp³-hybridized carbons (Fsp3) is 0.333. The van der Waals surface area contributed by atoms with Crippen LogP contribution >= 0.6 is 0 Å². The first-order chi connectivity index (χ1) is 13.4. The van der Waals surface area contributed by atoms with E-state index in [1.807, 2.05) is 0 Å². The molecule has 5 nitrogen and oxygen atoms in total. The maximum absolute atomic E-state index is 13.0. The smallest absolute Gasteiger partial charge is 0.263 e. The standard InChI is InChI=1S/C21H22F2N2O3/c1-15(28-19-9-7-18(23)8-10-19)20(26)24-11-2-12-25(14-13-24)21(27)16-3-5-17(22)6-4-16/h3-10,15H,2,11-14H2,1H3. The number of hydrogen-bond acceptors (Lipinski definition) is 3. The summed E-state index contributed by atoms with van der Waals surface area (Å²) in [6.07, 6.45) is -0.0770. The maximum Gasteiger partial charge on any atom is 0.263 e. The normalized spacial score (nSPS) is 15.7. The molecule has 1 unspecified atom stereocenters. The summed E-state index contributed by atoms with van der Waals surface area (Å²) in [5, 5.41) is 0. The Morgan fingerprint density at radius 3 is 2.04 bits per heavy atom. The molecule has 7 heteroatoms. The van der Waals surface area contributed by atoms with Crippen LogP contribution in [-0.4, -0.2) is 53.9 Å². The van der Waals surface area contributed by atoms with E-state index < -0.39 is 6.10 Å². The van der Waals surface area contributed by atoms with Crippen molar-refractivity contribution < 1.29 is 23.1 Å². The zero-order chi connectivity index (χ0) is 20.1. The van der Waals surface area contributed by atoms with Crippen molar-refractivity contribution in [3.63, 3.8) is 0 Å². The Hall–Kier alpha value is -2.96. The predicted octanol–water partition coefficient (Wildman–Crippen LogP) is 3.11. The average Bonchev–Trinajstić information content (AvgIpc) is 2.95. The minimum absolute atomic E-state index is 0.176. The van der Waals surface area contributed by atoms with Gasteiger partial charge in [-0.1, -0.05) is 0 Å². The van der Waals surface area contributed by atoms with Crippen LogP contribution in [0.5, 0.6) is 5.75 Å². The van der Waals surface area contributed by atoms with E-state index in [9.17, 15) is 18.4 Å². The largest absolute Gasteiger partial charge is 0.481 e. The summed E-state index contributed by atoms with van der Waals surface area (Å²) < 4.78 is 31.6. The molecule has 0 radical (unpaired) electrons. The van der Waals surface area contributed by atoms with Gasteiger partial charge in [0, 0.05) is 31.7 Å². The summed E-state index contributed by atoms with van der Waals surface area (Å²) in [4.78, 5) is 28.6. The highest BCUT2D eigenvalue weighted by Crippen LogP contribution is 2.15. The Kier molecular flexibility index (Phi) is 6.23. The highest BCUT2D eigenvalue weighted by Gasteiger charge is 2.26. The Morgan fingerprint density at radius 1 is 0.857 bits per heavy atom. The number of carbonyl (C=O) groups excluding carboxylic acids is 2. The lowest BCUT2D eigenvalue weighted by Crippen LogP contribution is -2.43. The lowest BCUT2D eigenvalue weighted by atomic mass is 10.2. The number of carbonyl (C=O) groups is 2. The number of benzene rings is 2. The van der Waals surface area contributed by atoms with Gasteiger partial charge in [0.15, 0.2) is 6.10 Å². The molecule has 1 aliphatic rings. The van der Waals surface area contributed by atoms with Crippen LogP contribution in [0.15, 0.2) is 48.5 Å². The lowest BCUT2D eigenvalue weighted by molar-refractivity contribution is -0.137. The Labute approximate surface area is 162 Å². The Bertz CT molecular complexity index is 825. The Morgan fingerprint density at radius 2 is 1.39 bits per heavy atom. The van der Waals surface area contributed by atoms with Gasteiger partial charge >= 0.3 is 0 Å². The van der Waals surface area contributed by atoms with Crippen molar-refractivity contribution in [2.24, 2.45) is 0 Å². The summed E-state index contributed by atoms with van der Waals surface area (Å²) in [5.74, 6) is -0.695. The molecule has 3 rings (SSSR count). The highest BCUT2D eigenvalue weighted by atomic mass is 19.1. The first-order valence-electron chi connectivity index (χ1n) is 9.20. The molecule has 0 aromatic heterocycles. The molecule has 0 saturated carbocycles. The number of hydrogen-bond donors (Lipinski definition) is 0. The number of amides is 2. The van der Waals surface area contributed by atoms with Crippen LogP contribution in [0, 0.1) is 11.6 Å². The summed E-state index contributed by atoms with van der Waals surface area (Å²) >= 11 is 0. The van der Waals surface area contributed by atoms with Gasteiger partial charge in [-0.05, 0) is 61.9 Å². The molecule has 2 aromatic carbocycles. The van der Waals surface area contributed by atoms with Gasteiger partial charge in [0.25, 0.3) is 11.8 Å². The van der Waals surface area contributed by atoms with Gasteiger partial charge in [-0.3, -0.25) is 9.59 Å². The second-order valence-corrected chi connectivity index (χ2v) is 6.69. The van der Waals surface area contributed by atoms with Crippen molar-refractivity contribution in [3.05, 3.63) is 65.7 Å². The van der Waals surface area contributed by atoms with E-state index in [-0.39, 0.29) is 23.4 Å². The summed E-state index contributed by atoms with van der Waals surface area (Å²) in [7, 11) is 0. The molecule has 1 fully saturated rings. The first-order valence-corrected chi connectivity index (χ1v) is 9.20. The van der Waals surface area contributed by atoms with E-state index in [0.717, 1.165) is 0 Å². The quantitative estimate of drug-likeness (QED) is 0.809. The lowest BCUT2D eigenvalue weighted by Gasteiger charge is -2.25. The first kappa shape index (κ1) is 19.8. The fourth-order valence-electron chi connectivity index (χ4n) is 3.14. The molecule has 1 heterocycles. The third-order valence-electron chi connectivity index (χ3n) is 4.66. The van der Waals surface area contributed by atoms with Crippen molar-refractivity contribution in [3.8, 4) is 5.75 Å². The van der Waals surface area contributed by atoms with E-state index >= 15 is 0 Å². The predicted molar refractivity (Wildman–Crippen MR) is 100.0 cm³/mol. The molecule has 2 aromatic rings. The molecular formula is C21H22F2N2O3. The highest BCUT2D eigenvalue weighted by molar-refractivity contribution is 5.94. The van der Waals surface area contributed by atoms with Crippen LogP contribution in [0.25, 0.3) is 0 Å². The van der Waals surface area contributed by atoms with Gasteiger partial charge in [-0.2, -0.15) is 0 Å². The fourth-order valence-corrected chi connectivity index (χ4v) is 3.14. The summed E-state index contributed by atoms with van der Waals surface area (Å²) in [6.45, 7) is 3.47. The van der Waals surface area contributed by atoms with E-state index in [2.05, 4.69) is 0 Å². The molecule has 1 atom stereocenters. The van der Waals surface area contributed by atoms with E-state index in [1.54, 1.807) is 16.7 Å². The van der Waals surface area contributed by atoms with Crippen molar-refractivity contribution in [2.75, 3.05) is 26.2 Å². The minimum Gasteiger partial charge on any atom is -0.481 e. The molecule has 1 saturated heterocycles. The SMILES string of the molecule is CC(Oc1ccc(F)cc1)C(=O)N1CCCN(C(=O)c2ccc(F)cc2)CC1. The molecule has 2 amide bonds. The monoisotopic (exact) mass is 388 g/mol. The molecular weight excluding hydrogens is 366 g/mol. The van der Waals surface area contributed by atoms with Gasteiger partial charge in [-0.25, -0.2) is 8.78 Å². The molecule has 0 aliphatic carbocycles. The molecule has 1 aliphatic heterocycles. The number of rotatable bonds is 4. The van der Waals surface area contributed by atoms with Crippen LogP contribution in [0.2, 0.25) is 0 Å². The molecule has 0 N–H and O–H groups in total. The van der Waals surface area contributed by atoms with Gasteiger partial charge < -0.3 is 14.5 Å². The number of ether oxygens (including phenoxy) is 1. The van der Waals surface area contributed by atoms with Crippen LogP contribution in [-0.2, 0) is 4.79 Å². The zero-order valence-electron chi connectivity index (χ0n) is 15.6. The van der Waals surface area contributed by atoms with Crippen LogP contribution in [0.1, 0.15) is 23.7 Å². The van der Waals surface area contributed by atoms with Crippen molar-refractivity contribution in [1.29, 1.82) is 0 Å². The maximum atomic E-state index is 13.0. The zero-order valence-corrected chi connectivity index (χ0v) is 15.6. The van der Waals surface area contributed by atoms with Gasteiger partial charge in [0.1, 0.15) is 17.4 Å². The molecule has 28 heavy (non-hydrogen) atoms. The second-order valence-electron chi connectivity index (χ2n) is 6.69. The van der Waals surface area contributed by atoms with Crippen molar-refractivity contribution in [2.45, 2.75) is 19.4 Å². The summed E-state index contributed by atoms with van der Waals surface area (Å²) in [5.41, 5.74) is 0.425. The van der Waals surface area contributed by atoms with E-state index in [1.165, 1.54) is 48.5 Å². The van der Waals surface area contributed by atoms with E-state index in [4.69, 9.17) is 4.74 Å². The minimum atomic E-state index is -0.718. The van der Waals surface area contributed by atoms with Gasteiger partial charge in [-0.15, -0.1) is 0 Å². The second kappa shape index (κ2) is 8.82. The van der Waals surface area contributed by atoms with Crippen LogP contribution in [0.4, 0.5) is 8.78 Å². The summed E-state index contributed by atoms with van der Waals surface area (Å²) in [6, 6.07) is 10.9. The topological polar surface area (TPSA) is 49.9 Å².